The van der Waals surface area contributed by atoms with E-state index in [4.69, 9.17) is 14.2 Å². The predicted molar refractivity (Wildman–Crippen MR) is 73.0 cm³/mol. The zero-order valence-corrected chi connectivity index (χ0v) is 11.6. The van der Waals surface area contributed by atoms with Gasteiger partial charge in [-0.3, -0.25) is 9.69 Å². The predicted octanol–water partition coefficient (Wildman–Crippen LogP) is 1.77. The first kappa shape index (κ1) is 13.2. The summed E-state index contributed by atoms with van der Waals surface area (Å²) in [6, 6.07) is 6.31. The van der Waals surface area contributed by atoms with Gasteiger partial charge in [0.1, 0.15) is 13.2 Å². The van der Waals surface area contributed by atoms with Crippen LogP contribution in [0.15, 0.2) is 18.2 Å². The average Bonchev–Trinajstić information content (AvgIpc) is 2.94. The van der Waals surface area contributed by atoms with Crippen molar-refractivity contribution in [2.24, 2.45) is 0 Å². The molecule has 0 amide bonds. The van der Waals surface area contributed by atoms with Crippen molar-refractivity contribution in [3.8, 4) is 11.5 Å². The summed E-state index contributed by atoms with van der Waals surface area (Å²) in [7, 11) is 1.43. The van der Waals surface area contributed by atoms with Gasteiger partial charge in [-0.1, -0.05) is 6.07 Å². The van der Waals surface area contributed by atoms with Gasteiger partial charge in [-0.25, -0.2) is 0 Å². The molecule has 3 rings (SSSR count). The Kier molecular flexibility index (Phi) is 3.78. The van der Waals surface area contributed by atoms with Crippen LogP contribution in [-0.4, -0.2) is 44.3 Å². The largest absolute Gasteiger partial charge is 0.486 e. The molecule has 5 heteroatoms. The van der Waals surface area contributed by atoms with Crippen LogP contribution in [0.1, 0.15) is 24.4 Å². The summed E-state index contributed by atoms with van der Waals surface area (Å²) in [6.07, 6.45) is 2.15. The van der Waals surface area contributed by atoms with E-state index < -0.39 is 0 Å². The minimum Gasteiger partial charge on any atom is -0.486 e. The normalized spacial score (nSPS) is 21.8. The zero-order chi connectivity index (χ0) is 13.9. The van der Waals surface area contributed by atoms with Gasteiger partial charge in [0, 0.05) is 6.04 Å². The van der Waals surface area contributed by atoms with Gasteiger partial charge in [0.15, 0.2) is 11.5 Å². The number of hydrogen-bond donors (Lipinski definition) is 0. The Morgan fingerprint density at radius 2 is 2.15 bits per heavy atom. The molecule has 2 aliphatic rings. The molecule has 0 saturated carbocycles. The maximum Gasteiger partial charge on any atom is 0.319 e. The highest BCUT2D eigenvalue weighted by atomic mass is 16.6. The number of carbonyl (C=O) groups excluding carboxylic acids is 1. The molecule has 0 radical (unpaired) electrons. The molecule has 0 bridgehead atoms. The first-order valence-corrected chi connectivity index (χ1v) is 6.98. The summed E-state index contributed by atoms with van der Waals surface area (Å²) >= 11 is 0. The third-order valence-corrected chi connectivity index (χ3v) is 3.87. The highest BCUT2D eigenvalue weighted by Gasteiger charge is 2.28. The number of nitrogens with zero attached hydrogens (tertiary/aromatic N) is 1. The van der Waals surface area contributed by atoms with Gasteiger partial charge < -0.3 is 14.2 Å². The molecule has 2 heterocycles. The average molecular weight is 277 g/mol. The molecule has 5 nitrogen and oxygen atoms in total. The van der Waals surface area contributed by atoms with Crippen LogP contribution in [0.3, 0.4) is 0 Å². The monoisotopic (exact) mass is 277 g/mol. The Bertz CT molecular complexity index is 503. The highest BCUT2D eigenvalue weighted by molar-refractivity contribution is 5.71. The quantitative estimate of drug-likeness (QED) is 0.788. The smallest absolute Gasteiger partial charge is 0.319 e. The number of benzene rings is 1. The molecule has 0 aliphatic carbocycles. The maximum absolute atomic E-state index is 11.5. The number of methoxy groups -OCH3 is 1. The number of rotatable bonds is 3. The molecule has 2 aliphatic heterocycles. The molecule has 20 heavy (non-hydrogen) atoms. The summed E-state index contributed by atoms with van der Waals surface area (Å²) in [6.45, 7) is 2.46. The van der Waals surface area contributed by atoms with Crippen molar-refractivity contribution in [2.75, 3.05) is 33.4 Å². The van der Waals surface area contributed by atoms with Crippen molar-refractivity contribution in [3.63, 3.8) is 0 Å². The highest BCUT2D eigenvalue weighted by Crippen LogP contribution is 2.37. The molecule has 1 atom stereocenters. The Morgan fingerprint density at radius 1 is 1.35 bits per heavy atom. The van der Waals surface area contributed by atoms with Crippen LogP contribution in [0.4, 0.5) is 0 Å². The van der Waals surface area contributed by atoms with Gasteiger partial charge in [-0.2, -0.15) is 0 Å². The lowest BCUT2D eigenvalue weighted by Gasteiger charge is -2.25. The minimum atomic E-state index is -0.186. The van der Waals surface area contributed by atoms with Crippen LogP contribution in [0, 0.1) is 0 Å². The summed E-state index contributed by atoms with van der Waals surface area (Å²) in [4.78, 5) is 13.6. The molecule has 0 N–H and O–H groups in total. The third kappa shape index (κ3) is 2.58. The lowest BCUT2D eigenvalue weighted by atomic mass is 10.0. The molecule has 1 unspecified atom stereocenters. The fourth-order valence-electron chi connectivity index (χ4n) is 2.89. The van der Waals surface area contributed by atoms with Crippen molar-refractivity contribution >= 4 is 5.97 Å². The Labute approximate surface area is 118 Å². The van der Waals surface area contributed by atoms with Crippen LogP contribution in [0.2, 0.25) is 0 Å². The van der Waals surface area contributed by atoms with Crippen LogP contribution in [0.5, 0.6) is 11.5 Å². The van der Waals surface area contributed by atoms with Crippen molar-refractivity contribution in [1.29, 1.82) is 0 Å². The van der Waals surface area contributed by atoms with Crippen molar-refractivity contribution in [3.05, 3.63) is 23.8 Å². The molecule has 0 spiro atoms. The molecule has 1 aromatic rings. The van der Waals surface area contributed by atoms with Gasteiger partial charge in [0.2, 0.25) is 0 Å². The summed E-state index contributed by atoms with van der Waals surface area (Å²) < 4.78 is 15.9. The second-order valence-corrected chi connectivity index (χ2v) is 5.11. The van der Waals surface area contributed by atoms with Gasteiger partial charge in [-0.15, -0.1) is 0 Å². The van der Waals surface area contributed by atoms with E-state index in [0.717, 1.165) is 30.9 Å². The Morgan fingerprint density at radius 3 is 2.95 bits per heavy atom. The van der Waals surface area contributed by atoms with E-state index in [0.29, 0.717) is 19.8 Å². The molecular formula is C15H19NO4. The number of likely N-dealkylation sites (tertiary alicyclic amines) is 1. The molecule has 108 valence electrons. The lowest BCUT2D eigenvalue weighted by molar-refractivity contribution is -0.142. The first-order chi connectivity index (χ1) is 9.78. The first-order valence-electron chi connectivity index (χ1n) is 6.98. The molecular weight excluding hydrogens is 258 g/mol. The lowest BCUT2D eigenvalue weighted by Crippen LogP contribution is -2.30. The number of carbonyl (C=O) groups is 1. The third-order valence-electron chi connectivity index (χ3n) is 3.87. The number of fused-ring (bicyclic) bond motifs is 1. The number of ether oxygens (including phenoxy) is 3. The van der Waals surface area contributed by atoms with E-state index in [2.05, 4.69) is 11.0 Å². The van der Waals surface area contributed by atoms with E-state index in [1.54, 1.807) is 0 Å². The SMILES string of the molecule is COC(=O)CN1CCCC1c1ccc2c(c1)OCCO2. The fraction of sp³-hybridized carbons (Fsp3) is 0.533. The zero-order valence-electron chi connectivity index (χ0n) is 11.6. The van der Waals surface area contributed by atoms with Gasteiger partial charge >= 0.3 is 5.97 Å². The summed E-state index contributed by atoms with van der Waals surface area (Å²) in [5, 5.41) is 0. The fourth-order valence-corrected chi connectivity index (χ4v) is 2.89. The van der Waals surface area contributed by atoms with Gasteiger partial charge in [-0.05, 0) is 37.1 Å². The molecule has 1 saturated heterocycles. The van der Waals surface area contributed by atoms with Crippen molar-refractivity contribution < 1.29 is 19.0 Å². The molecule has 1 aromatic carbocycles. The number of esters is 1. The number of hydrogen-bond acceptors (Lipinski definition) is 5. The van der Waals surface area contributed by atoms with E-state index in [9.17, 15) is 4.79 Å². The van der Waals surface area contributed by atoms with E-state index >= 15 is 0 Å². The summed E-state index contributed by atoms with van der Waals surface area (Å²) in [5.41, 5.74) is 1.18. The van der Waals surface area contributed by atoms with Crippen molar-refractivity contribution in [1.82, 2.24) is 4.90 Å². The van der Waals surface area contributed by atoms with Gasteiger partial charge in [0.25, 0.3) is 0 Å². The molecule has 0 aromatic heterocycles. The van der Waals surface area contributed by atoms with Crippen molar-refractivity contribution in [2.45, 2.75) is 18.9 Å². The second kappa shape index (κ2) is 5.71. The minimum absolute atomic E-state index is 0.186. The maximum atomic E-state index is 11.5. The standard InChI is InChI=1S/C15H19NO4/c1-18-15(17)10-16-6-2-3-12(16)11-4-5-13-14(9-11)20-8-7-19-13/h4-5,9,12H,2-3,6-8,10H2,1H3. The Hall–Kier alpha value is -1.75. The van der Waals surface area contributed by atoms with E-state index in [-0.39, 0.29) is 12.0 Å². The molecule has 1 fully saturated rings. The topological polar surface area (TPSA) is 48.0 Å². The summed E-state index contributed by atoms with van der Waals surface area (Å²) in [5.74, 6) is 1.42. The second-order valence-electron chi connectivity index (χ2n) is 5.11. The van der Waals surface area contributed by atoms with Crippen LogP contribution in [-0.2, 0) is 9.53 Å². The Balaban J connectivity index is 1.79. The van der Waals surface area contributed by atoms with E-state index in [1.807, 2.05) is 12.1 Å². The van der Waals surface area contributed by atoms with E-state index in [1.165, 1.54) is 12.7 Å². The van der Waals surface area contributed by atoms with Crippen LogP contribution < -0.4 is 9.47 Å². The van der Waals surface area contributed by atoms with Crippen LogP contribution >= 0.6 is 0 Å². The van der Waals surface area contributed by atoms with Gasteiger partial charge in [0.05, 0.1) is 13.7 Å². The van der Waals surface area contributed by atoms with Crippen LogP contribution in [0.25, 0.3) is 0 Å².